The van der Waals surface area contributed by atoms with Crippen molar-refractivity contribution in [3.8, 4) is 5.75 Å². The molecule has 0 radical (unpaired) electrons. The number of methoxy groups -OCH3 is 1. The van der Waals surface area contributed by atoms with Crippen molar-refractivity contribution in [2.24, 2.45) is 0 Å². The van der Waals surface area contributed by atoms with Gasteiger partial charge in [-0.1, -0.05) is 28.1 Å². The second kappa shape index (κ2) is 6.64. The number of nitrogens with one attached hydrogen (secondary N) is 1. The summed E-state index contributed by atoms with van der Waals surface area (Å²) in [7, 11) is 1.69. The minimum atomic E-state index is 0.146. The van der Waals surface area contributed by atoms with Gasteiger partial charge in [-0.15, -0.1) is 22.7 Å². The van der Waals surface area contributed by atoms with Crippen LogP contribution in [0.1, 0.15) is 15.8 Å². The van der Waals surface area contributed by atoms with Crippen LogP contribution in [0.25, 0.3) is 0 Å². The first-order chi connectivity index (χ1) is 10.3. The second-order valence-corrected chi connectivity index (χ2v) is 7.33. The average Bonchev–Trinajstić information content (AvgIpc) is 3.18. The molecule has 0 saturated heterocycles. The summed E-state index contributed by atoms with van der Waals surface area (Å²) in [5.74, 6) is 0.844. The Morgan fingerprint density at radius 1 is 1.05 bits per heavy atom. The highest BCUT2D eigenvalue weighted by atomic mass is 79.9. The van der Waals surface area contributed by atoms with E-state index in [9.17, 15) is 0 Å². The molecule has 0 aliphatic carbocycles. The quantitative estimate of drug-likeness (QED) is 0.606. The van der Waals surface area contributed by atoms with Crippen molar-refractivity contribution in [1.29, 1.82) is 0 Å². The molecule has 3 aromatic rings. The van der Waals surface area contributed by atoms with Crippen LogP contribution in [0.15, 0.2) is 57.7 Å². The summed E-state index contributed by atoms with van der Waals surface area (Å²) >= 11 is 7.04. The van der Waals surface area contributed by atoms with Crippen molar-refractivity contribution in [2.45, 2.75) is 6.04 Å². The predicted molar refractivity (Wildman–Crippen MR) is 94.8 cm³/mol. The summed E-state index contributed by atoms with van der Waals surface area (Å²) in [6.07, 6.45) is 0. The van der Waals surface area contributed by atoms with Gasteiger partial charge in [-0.25, -0.2) is 0 Å². The van der Waals surface area contributed by atoms with E-state index in [1.54, 1.807) is 29.8 Å². The average molecular weight is 380 g/mol. The zero-order valence-electron chi connectivity index (χ0n) is 11.4. The first-order valence-corrected chi connectivity index (χ1v) is 9.00. The largest absolute Gasteiger partial charge is 0.495 e. The third-order valence-corrected chi connectivity index (χ3v) is 5.48. The van der Waals surface area contributed by atoms with Gasteiger partial charge >= 0.3 is 0 Å². The van der Waals surface area contributed by atoms with Crippen LogP contribution < -0.4 is 10.1 Å². The topological polar surface area (TPSA) is 21.3 Å². The zero-order chi connectivity index (χ0) is 14.7. The molecule has 2 nitrogen and oxygen atoms in total. The van der Waals surface area contributed by atoms with Gasteiger partial charge < -0.3 is 10.1 Å². The first kappa shape index (κ1) is 14.6. The molecule has 108 valence electrons. The molecule has 2 heterocycles. The summed E-state index contributed by atoms with van der Waals surface area (Å²) < 4.78 is 6.49. The van der Waals surface area contributed by atoms with Crippen molar-refractivity contribution in [3.63, 3.8) is 0 Å². The highest BCUT2D eigenvalue weighted by molar-refractivity contribution is 9.10. The molecule has 2 aromatic heterocycles. The molecule has 0 bridgehead atoms. The Kier molecular flexibility index (Phi) is 4.63. The van der Waals surface area contributed by atoms with Gasteiger partial charge in [0.15, 0.2) is 0 Å². The molecule has 0 atom stereocenters. The molecule has 0 fully saturated rings. The fourth-order valence-electron chi connectivity index (χ4n) is 2.14. The summed E-state index contributed by atoms with van der Waals surface area (Å²) in [6, 6.07) is 14.6. The monoisotopic (exact) mass is 379 g/mol. The van der Waals surface area contributed by atoms with Crippen LogP contribution in [0.5, 0.6) is 5.75 Å². The lowest BCUT2D eigenvalue weighted by Gasteiger charge is -2.19. The van der Waals surface area contributed by atoms with Crippen LogP contribution in [0.4, 0.5) is 5.69 Å². The fraction of sp³-hybridized carbons (Fsp3) is 0.125. The third-order valence-electron chi connectivity index (χ3n) is 3.12. The number of hydrogen-bond donors (Lipinski definition) is 1. The van der Waals surface area contributed by atoms with Crippen molar-refractivity contribution in [2.75, 3.05) is 12.4 Å². The van der Waals surface area contributed by atoms with Gasteiger partial charge in [-0.3, -0.25) is 0 Å². The van der Waals surface area contributed by atoms with Gasteiger partial charge in [0, 0.05) is 14.2 Å². The van der Waals surface area contributed by atoms with E-state index in [0.717, 1.165) is 15.9 Å². The molecule has 5 heteroatoms. The van der Waals surface area contributed by atoms with E-state index in [2.05, 4.69) is 56.3 Å². The van der Waals surface area contributed by atoms with Crippen LogP contribution in [0, 0.1) is 0 Å². The Labute approximate surface area is 140 Å². The summed E-state index contributed by atoms with van der Waals surface area (Å²) in [6.45, 7) is 0. The Morgan fingerprint density at radius 3 is 2.24 bits per heavy atom. The standard InChI is InChI=1S/C16H14BrNOS2/c1-19-13-7-6-11(17)10-12(13)18-16(14-4-2-8-20-14)15-5-3-9-21-15/h2-10,16,18H,1H3. The summed E-state index contributed by atoms with van der Waals surface area (Å²) in [4.78, 5) is 2.58. The number of thiophene rings is 2. The number of ether oxygens (including phenoxy) is 1. The van der Waals surface area contributed by atoms with E-state index < -0.39 is 0 Å². The van der Waals surface area contributed by atoms with E-state index in [4.69, 9.17) is 4.74 Å². The second-order valence-electron chi connectivity index (χ2n) is 4.45. The summed E-state index contributed by atoms with van der Waals surface area (Å²) in [5, 5.41) is 7.82. The Hall–Kier alpha value is -1.30. The lowest BCUT2D eigenvalue weighted by atomic mass is 10.1. The molecule has 0 spiro atoms. The maximum atomic E-state index is 5.46. The van der Waals surface area contributed by atoms with E-state index in [1.807, 2.05) is 18.2 Å². The van der Waals surface area contributed by atoms with Gasteiger partial charge in [0.1, 0.15) is 5.75 Å². The van der Waals surface area contributed by atoms with Gasteiger partial charge in [0.25, 0.3) is 0 Å². The van der Waals surface area contributed by atoms with Crippen LogP contribution in [-0.4, -0.2) is 7.11 Å². The number of halogens is 1. The lowest BCUT2D eigenvalue weighted by molar-refractivity contribution is 0.416. The molecule has 21 heavy (non-hydrogen) atoms. The number of rotatable bonds is 5. The maximum absolute atomic E-state index is 5.46. The van der Waals surface area contributed by atoms with Crippen LogP contribution in [-0.2, 0) is 0 Å². The van der Waals surface area contributed by atoms with Crippen molar-refractivity contribution in [1.82, 2.24) is 0 Å². The van der Waals surface area contributed by atoms with Crippen molar-refractivity contribution in [3.05, 3.63) is 67.5 Å². The Morgan fingerprint density at radius 2 is 1.71 bits per heavy atom. The number of anilines is 1. The van der Waals surface area contributed by atoms with Gasteiger partial charge in [0.05, 0.1) is 18.8 Å². The molecule has 0 aliphatic heterocycles. The van der Waals surface area contributed by atoms with E-state index in [1.165, 1.54) is 9.75 Å². The van der Waals surface area contributed by atoms with Gasteiger partial charge in [0.2, 0.25) is 0 Å². The van der Waals surface area contributed by atoms with E-state index >= 15 is 0 Å². The van der Waals surface area contributed by atoms with Crippen molar-refractivity contribution >= 4 is 44.3 Å². The molecule has 0 saturated carbocycles. The zero-order valence-corrected chi connectivity index (χ0v) is 14.6. The van der Waals surface area contributed by atoms with Crippen molar-refractivity contribution < 1.29 is 4.74 Å². The molecule has 1 aromatic carbocycles. The third kappa shape index (κ3) is 3.31. The van der Waals surface area contributed by atoms with E-state index in [-0.39, 0.29) is 6.04 Å². The normalized spacial score (nSPS) is 10.8. The number of benzene rings is 1. The van der Waals surface area contributed by atoms with Gasteiger partial charge in [-0.2, -0.15) is 0 Å². The molecule has 0 unspecified atom stereocenters. The Bertz CT molecular complexity index is 661. The lowest BCUT2D eigenvalue weighted by Crippen LogP contribution is -2.10. The molecule has 0 amide bonds. The number of hydrogen-bond acceptors (Lipinski definition) is 4. The van der Waals surface area contributed by atoms with Crippen LogP contribution in [0.3, 0.4) is 0 Å². The highest BCUT2D eigenvalue weighted by Gasteiger charge is 2.18. The molecular formula is C16H14BrNOS2. The maximum Gasteiger partial charge on any atom is 0.142 e. The van der Waals surface area contributed by atoms with Crippen LogP contribution >= 0.6 is 38.6 Å². The predicted octanol–water partition coefficient (Wildman–Crippen LogP) is 5.78. The van der Waals surface area contributed by atoms with Crippen LogP contribution in [0.2, 0.25) is 0 Å². The molecule has 3 rings (SSSR count). The fourth-order valence-corrected chi connectivity index (χ4v) is 4.16. The first-order valence-electron chi connectivity index (χ1n) is 6.45. The summed E-state index contributed by atoms with van der Waals surface area (Å²) in [5.41, 5.74) is 0.985. The highest BCUT2D eigenvalue weighted by Crippen LogP contribution is 2.36. The smallest absolute Gasteiger partial charge is 0.142 e. The molecule has 0 aliphatic rings. The van der Waals surface area contributed by atoms with E-state index in [0.29, 0.717) is 0 Å². The van der Waals surface area contributed by atoms with Gasteiger partial charge in [-0.05, 0) is 41.1 Å². The SMILES string of the molecule is COc1ccc(Br)cc1NC(c1cccs1)c1cccs1. The molecular weight excluding hydrogens is 366 g/mol. The minimum Gasteiger partial charge on any atom is -0.495 e. The Balaban J connectivity index is 1.98. The molecule has 1 N–H and O–H groups in total. The minimum absolute atomic E-state index is 0.146.